The minimum atomic E-state index is -1.03. The lowest BCUT2D eigenvalue weighted by Gasteiger charge is -1.99. The van der Waals surface area contributed by atoms with Gasteiger partial charge in [0.2, 0.25) is 0 Å². The highest BCUT2D eigenvalue weighted by Crippen LogP contribution is 2.20. The molecule has 132 valence electrons. The fourth-order valence-electron chi connectivity index (χ4n) is 1.67. The number of benzene rings is 2. The predicted molar refractivity (Wildman–Crippen MR) is 96.2 cm³/mol. The third kappa shape index (κ3) is 6.25. The molecule has 0 amide bonds. The Labute approximate surface area is 145 Å². The van der Waals surface area contributed by atoms with E-state index in [0.717, 1.165) is 11.1 Å². The van der Waals surface area contributed by atoms with Gasteiger partial charge in [-0.3, -0.25) is 0 Å². The van der Waals surface area contributed by atoms with E-state index < -0.39 is 11.9 Å². The number of nitrogen functional groups attached to an aromatic ring is 1. The second kappa shape index (κ2) is 9.59. The van der Waals surface area contributed by atoms with Crippen molar-refractivity contribution in [3.8, 4) is 0 Å². The molecule has 0 spiro atoms. The van der Waals surface area contributed by atoms with Gasteiger partial charge in [0.15, 0.2) is 0 Å². The van der Waals surface area contributed by atoms with Gasteiger partial charge in [-0.2, -0.15) is 0 Å². The average Bonchev–Trinajstić information content (AvgIpc) is 2.52. The fraction of sp³-hybridized carbons (Fsp3) is 0.176. The van der Waals surface area contributed by atoms with Crippen molar-refractivity contribution in [2.24, 2.45) is 5.11 Å². The van der Waals surface area contributed by atoms with Crippen LogP contribution < -0.4 is 5.73 Å². The molecule has 25 heavy (non-hydrogen) atoms. The maximum absolute atomic E-state index is 10.5. The van der Waals surface area contributed by atoms with Crippen molar-refractivity contribution in [2.75, 3.05) is 5.73 Å². The van der Waals surface area contributed by atoms with E-state index in [2.05, 4.69) is 10.0 Å². The van der Waals surface area contributed by atoms with Crippen LogP contribution >= 0.6 is 0 Å². The minimum absolute atomic E-state index is 0. The fourth-order valence-corrected chi connectivity index (χ4v) is 1.67. The van der Waals surface area contributed by atoms with Gasteiger partial charge in [0.05, 0.1) is 11.1 Å². The highest BCUT2D eigenvalue weighted by Gasteiger charge is 2.04. The summed E-state index contributed by atoms with van der Waals surface area (Å²) in [5, 5.41) is 20.5. The van der Waals surface area contributed by atoms with Crippen molar-refractivity contribution < 1.29 is 19.8 Å². The molecule has 8 heteroatoms. The van der Waals surface area contributed by atoms with Crippen LogP contribution in [0.25, 0.3) is 10.4 Å². The summed E-state index contributed by atoms with van der Waals surface area (Å²) < 4.78 is 0. The molecule has 0 aromatic heterocycles. The topological polar surface area (TPSA) is 149 Å². The summed E-state index contributed by atoms with van der Waals surface area (Å²) in [5.41, 5.74) is 16.5. The van der Waals surface area contributed by atoms with E-state index in [9.17, 15) is 9.59 Å². The quantitative estimate of drug-likeness (QED) is 0.323. The lowest BCUT2D eigenvalue weighted by Crippen LogP contribution is -1.98. The summed E-state index contributed by atoms with van der Waals surface area (Å²) in [7, 11) is 0. The van der Waals surface area contributed by atoms with Crippen molar-refractivity contribution in [3.05, 3.63) is 69.1 Å². The molecule has 2 aromatic carbocycles. The number of aromatic carboxylic acids is 2. The summed E-state index contributed by atoms with van der Waals surface area (Å²) >= 11 is 0. The van der Waals surface area contributed by atoms with Gasteiger partial charge in [-0.15, -0.1) is 0 Å². The molecule has 4 N–H and O–H groups in total. The van der Waals surface area contributed by atoms with E-state index in [4.69, 9.17) is 21.5 Å². The average molecular weight is 344 g/mol. The van der Waals surface area contributed by atoms with Crippen LogP contribution in [0.2, 0.25) is 0 Å². The molecular formula is C17H20N4O4. The summed E-state index contributed by atoms with van der Waals surface area (Å²) in [6, 6.07) is 9.10. The van der Waals surface area contributed by atoms with E-state index in [0.29, 0.717) is 11.4 Å². The van der Waals surface area contributed by atoms with Gasteiger partial charge in [-0.1, -0.05) is 24.7 Å². The van der Waals surface area contributed by atoms with Crippen molar-refractivity contribution in [3.63, 3.8) is 0 Å². The first-order valence-corrected chi connectivity index (χ1v) is 6.74. The Balaban J connectivity index is 0.000000449. The lowest BCUT2D eigenvalue weighted by atomic mass is 10.1. The molecule has 0 aliphatic heterocycles. The van der Waals surface area contributed by atoms with Crippen molar-refractivity contribution in [2.45, 2.75) is 21.3 Å². The number of anilines is 1. The molecule has 0 aliphatic carbocycles. The summed E-state index contributed by atoms with van der Waals surface area (Å²) in [4.78, 5) is 23.5. The van der Waals surface area contributed by atoms with Crippen LogP contribution in [0, 0.1) is 13.8 Å². The number of nitrogens with two attached hydrogens (primary N) is 1. The van der Waals surface area contributed by atoms with E-state index in [-0.39, 0.29) is 18.6 Å². The Morgan fingerprint density at radius 1 is 1.00 bits per heavy atom. The monoisotopic (exact) mass is 344 g/mol. The number of carboxylic acids is 2. The van der Waals surface area contributed by atoms with Crippen molar-refractivity contribution in [1.29, 1.82) is 0 Å². The molecule has 0 atom stereocenters. The summed E-state index contributed by atoms with van der Waals surface area (Å²) in [5.74, 6) is -1.98. The second-order valence-electron chi connectivity index (χ2n) is 4.87. The number of hydrogen-bond acceptors (Lipinski definition) is 4. The van der Waals surface area contributed by atoms with Crippen LogP contribution in [0.5, 0.6) is 0 Å². The first kappa shape index (κ1) is 21.5. The number of carbonyl (C=O) groups is 2. The smallest absolute Gasteiger partial charge is 0.335 e. The van der Waals surface area contributed by atoms with Crippen LogP contribution in [-0.2, 0) is 0 Å². The second-order valence-corrected chi connectivity index (χ2v) is 4.87. The van der Waals surface area contributed by atoms with Gasteiger partial charge in [0.25, 0.3) is 0 Å². The number of azide groups is 1. The Kier molecular flexibility index (Phi) is 8.24. The molecule has 0 fully saturated rings. The van der Waals surface area contributed by atoms with E-state index in [1.165, 1.54) is 24.3 Å². The molecule has 0 heterocycles. The van der Waals surface area contributed by atoms with E-state index in [1.807, 2.05) is 6.92 Å². The van der Waals surface area contributed by atoms with Gasteiger partial charge in [0.1, 0.15) is 0 Å². The standard InChI is InChI=1S/C8H7N3O2.C8H9NO2.CH4/c1-5-2-3-6(8(12)13)4-7(5)10-11-9;1-5-2-3-6(8(10)11)4-7(5)9;/h2-4H,1H3,(H,12,13);2-4H,9H2,1H3,(H,10,11);1H4. The van der Waals surface area contributed by atoms with Crippen LogP contribution in [0.3, 0.4) is 0 Å². The summed E-state index contributed by atoms with van der Waals surface area (Å²) in [6.45, 7) is 3.58. The number of nitrogens with zero attached hydrogens (tertiary/aromatic N) is 3. The van der Waals surface area contributed by atoms with E-state index >= 15 is 0 Å². The molecular weight excluding hydrogens is 324 g/mol. The molecule has 8 nitrogen and oxygen atoms in total. The van der Waals surface area contributed by atoms with Gasteiger partial charge < -0.3 is 15.9 Å². The lowest BCUT2D eigenvalue weighted by molar-refractivity contribution is 0.0686. The molecule has 0 radical (unpaired) electrons. The number of carboxylic acid groups (broad SMARTS) is 2. The van der Waals surface area contributed by atoms with Crippen LogP contribution in [0.4, 0.5) is 11.4 Å². The van der Waals surface area contributed by atoms with Crippen molar-refractivity contribution >= 4 is 23.3 Å². The number of aryl methyl sites for hydroxylation is 2. The molecule has 0 aliphatic rings. The Bertz CT molecular complexity index is 827. The summed E-state index contributed by atoms with van der Waals surface area (Å²) in [6.07, 6.45) is 0. The maximum atomic E-state index is 10.5. The number of rotatable bonds is 3. The van der Waals surface area contributed by atoms with E-state index in [1.54, 1.807) is 19.1 Å². The largest absolute Gasteiger partial charge is 0.478 e. The Hall–Kier alpha value is -3.51. The molecule has 2 aromatic rings. The van der Waals surface area contributed by atoms with Gasteiger partial charge >= 0.3 is 11.9 Å². The molecule has 2 rings (SSSR count). The molecule has 0 saturated carbocycles. The first-order valence-electron chi connectivity index (χ1n) is 6.74. The molecule has 0 bridgehead atoms. The minimum Gasteiger partial charge on any atom is -0.478 e. The van der Waals surface area contributed by atoms with Crippen LogP contribution in [0.1, 0.15) is 39.3 Å². The third-order valence-corrected chi connectivity index (χ3v) is 3.13. The Morgan fingerprint density at radius 3 is 1.92 bits per heavy atom. The van der Waals surface area contributed by atoms with Gasteiger partial charge in [0, 0.05) is 16.3 Å². The Morgan fingerprint density at radius 2 is 1.48 bits per heavy atom. The first-order chi connectivity index (χ1) is 11.3. The molecule has 0 saturated heterocycles. The zero-order valence-corrected chi connectivity index (χ0v) is 13.1. The van der Waals surface area contributed by atoms with Gasteiger partial charge in [-0.05, 0) is 54.8 Å². The van der Waals surface area contributed by atoms with Crippen LogP contribution in [0.15, 0.2) is 41.5 Å². The van der Waals surface area contributed by atoms with Crippen LogP contribution in [-0.4, -0.2) is 22.2 Å². The third-order valence-electron chi connectivity index (χ3n) is 3.13. The van der Waals surface area contributed by atoms with Gasteiger partial charge in [-0.25, -0.2) is 9.59 Å². The predicted octanol–water partition coefficient (Wildman–Crippen LogP) is 4.55. The zero-order valence-electron chi connectivity index (χ0n) is 13.1. The SMILES string of the molecule is C.Cc1ccc(C(=O)O)cc1N.Cc1ccc(C(=O)O)cc1N=[N+]=[N-]. The highest BCUT2D eigenvalue weighted by molar-refractivity contribution is 5.89. The normalized spacial score (nSPS) is 8.88. The zero-order chi connectivity index (χ0) is 18.3. The number of hydrogen-bond donors (Lipinski definition) is 3. The molecule has 0 unspecified atom stereocenters. The highest BCUT2D eigenvalue weighted by atomic mass is 16.4. The van der Waals surface area contributed by atoms with Crippen molar-refractivity contribution in [1.82, 2.24) is 0 Å². The maximum Gasteiger partial charge on any atom is 0.335 e.